The molecule has 0 aliphatic carbocycles. The molecule has 1 heterocycles. The van der Waals surface area contributed by atoms with Crippen molar-refractivity contribution in [2.24, 2.45) is 0 Å². The van der Waals surface area contributed by atoms with Crippen LogP contribution in [0, 0.1) is 13.8 Å². The lowest BCUT2D eigenvalue weighted by Crippen LogP contribution is -2.24. The van der Waals surface area contributed by atoms with E-state index >= 15 is 0 Å². The van der Waals surface area contributed by atoms with Crippen molar-refractivity contribution in [2.75, 3.05) is 17.7 Å². The number of ether oxygens (including phenoxy) is 1. The number of thioether (sulfide) groups is 1. The predicted octanol–water partition coefficient (Wildman–Crippen LogP) is 6.74. The van der Waals surface area contributed by atoms with Crippen LogP contribution < -0.4 is 15.4 Å². The molecule has 0 aliphatic heterocycles. The normalized spacial score (nSPS) is 11.3. The van der Waals surface area contributed by atoms with E-state index in [0.29, 0.717) is 23.6 Å². The summed E-state index contributed by atoms with van der Waals surface area (Å²) in [6.07, 6.45) is -2.64. The fourth-order valence-electron chi connectivity index (χ4n) is 4.07. The van der Waals surface area contributed by atoms with Gasteiger partial charge in [0.2, 0.25) is 5.91 Å². The van der Waals surface area contributed by atoms with E-state index < -0.39 is 17.6 Å². The molecule has 0 spiro atoms. The van der Waals surface area contributed by atoms with Crippen LogP contribution in [0.3, 0.4) is 0 Å². The van der Waals surface area contributed by atoms with E-state index in [4.69, 9.17) is 4.74 Å². The number of nitrogens with one attached hydrogen (secondary N) is 2. The first-order valence-corrected chi connectivity index (χ1v) is 14.7. The van der Waals surface area contributed by atoms with Crippen LogP contribution in [0.4, 0.5) is 18.9 Å². The van der Waals surface area contributed by atoms with Crippen LogP contribution in [-0.4, -0.2) is 38.9 Å². The van der Waals surface area contributed by atoms with Gasteiger partial charge < -0.3 is 15.4 Å². The monoisotopic (exact) mass is 611 g/mol. The second-order valence-electron chi connectivity index (χ2n) is 9.85. The van der Waals surface area contributed by atoms with Crippen molar-refractivity contribution >= 4 is 29.3 Å². The highest BCUT2D eigenvalue weighted by molar-refractivity contribution is 7.99. The lowest BCUT2D eigenvalue weighted by atomic mass is 10.1. The van der Waals surface area contributed by atoms with Gasteiger partial charge in [0.05, 0.1) is 30.2 Å². The first-order chi connectivity index (χ1) is 20.5. The second kappa shape index (κ2) is 14.2. The third-order valence-electron chi connectivity index (χ3n) is 6.42. The van der Waals surface area contributed by atoms with Crippen LogP contribution in [0.1, 0.15) is 52.6 Å². The largest absolute Gasteiger partial charge is 0.494 e. The maximum Gasteiger partial charge on any atom is 0.416 e. The molecule has 0 bridgehead atoms. The molecule has 0 saturated heterocycles. The molecule has 43 heavy (non-hydrogen) atoms. The number of halogens is 3. The molecule has 3 aromatic carbocycles. The van der Waals surface area contributed by atoms with Gasteiger partial charge in [0.1, 0.15) is 5.75 Å². The summed E-state index contributed by atoms with van der Waals surface area (Å²) in [6.45, 7) is 6.33. The Morgan fingerprint density at radius 2 is 1.77 bits per heavy atom. The smallest absolute Gasteiger partial charge is 0.416 e. The zero-order valence-electron chi connectivity index (χ0n) is 24.0. The molecule has 0 radical (unpaired) electrons. The van der Waals surface area contributed by atoms with Crippen LogP contribution in [-0.2, 0) is 17.5 Å². The molecular weight excluding hydrogens is 579 g/mol. The summed E-state index contributed by atoms with van der Waals surface area (Å²) in [4.78, 5) is 25.6. The molecule has 4 rings (SSSR count). The fraction of sp³-hybridized carbons (Fsp3) is 0.290. The van der Waals surface area contributed by atoms with E-state index in [2.05, 4.69) is 27.8 Å². The van der Waals surface area contributed by atoms with E-state index in [1.165, 1.54) is 16.7 Å². The van der Waals surface area contributed by atoms with Crippen molar-refractivity contribution in [3.63, 3.8) is 0 Å². The molecule has 2 amide bonds. The van der Waals surface area contributed by atoms with Crippen molar-refractivity contribution in [3.05, 3.63) is 94.8 Å². The number of carbonyl (C=O) groups is 2. The van der Waals surface area contributed by atoms with Gasteiger partial charge in [-0.1, -0.05) is 43.3 Å². The Hall–Kier alpha value is -4.32. The molecule has 0 fully saturated rings. The molecule has 0 saturated carbocycles. The van der Waals surface area contributed by atoms with Gasteiger partial charge in [-0.15, -0.1) is 10.2 Å². The van der Waals surface area contributed by atoms with Gasteiger partial charge in [0.25, 0.3) is 5.91 Å². The molecule has 0 aliphatic rings. The Kier molecular flexibility index (Phi) is 10.5. The minimum Gasteiger partial charge on any atom is -0.494 e. The zero-order valence-corrected chi connectivity index (χ0v) is 24.8. The minimum absolute atomic E-state index is 0.0660. The first kappa shape index (κ1) is 31.6. The minimum atomic E-state index is -4.57. The van der Waals surface area contributed by atoms with E-state index in [9.17, 15) is 22.8 Å². The number of aromatic nitrogens is 3. The van der Waals surface area contributed by atoms with Gasteiger partial charge in [0.15, 0.2) is 11.0 Å². The number of nitrogens with zero attached hydrogens (tertiary/aromatic N) is 3. The van der Waals surface area contributed by atoms with E-state index in [-0.39, 0.29) is 34.9 Å². The summed E-state index contributed by atoms with van der Waals surface area (Å²) >= 11 is 1.02. The number of carbonyl (C=O) groups excluding carboxylic acids is 2. The second-order valence-corrected chi connectivity index (χ2v) is 10.8. The highest BCUT2D eigenvalue weighted by Crippen LogP contribution is 2.32. The first-order valence-electron chi connectivity index (χ1n) is 13.7. The van der Waals surface area contributed by atoms with Crippen LogP contribution in [0.25, 0.3) is 5.69 Å². The molecule has 12 heteroatoms. The van der Waals surface area contributed by atoms with Gasteiger partial charge in [-0.25, -0.2) is 0 Å². The van der Waals surface area contributed by atoms with Crippen molar-refractivity contribution in [3.8, 4) is 11.4 Å². The molecule has 4 aromatic rings. The summed E-state index contributed by atoms with van der Waals surface area (Å²) in [5.41, 5.74) is 2.24. The molecule has 226 valence electrons. The van der Waals surface area contributed by atoms with Crippen LogP contribution in [0.15, 0.2) is 71.9 Å². The summed E-state index contributed by atoms with van der Waals surface area (Å²) in [6, 6.07) is 17.1. The van der Waals surface area contributed by atoms with Gasteiger partial charge >= 0.3 is 6.18 Å². The van der Waals surface area contributed by atoms with Crippen molar-refractivity contribution in [1.82, 2.24) is 20.1 Å². The van der Waals surface area contributed by atoms with Crippen molar-refractivity contribution in [2.45, 2.75) is 51.5 Å². The average molecular weight is 612 g/mol. The Morgan fingerprint density at radius 1 is 1.00 bits per heavy atom. The maximum atomic E-state index is 13.5. The lowest BCUT2D eigenvalue weighted by molar-refractivity contribution is -0.137. The molecule has 0 atom stereocenters. The lowest BCUT2D eigenvalue weighted by Gasteiger charge is -2.14. The standard InChI is InChI=1S/C31H32F3N5O3S/c1-4-5-15-42-25-13-11-22(12-14-25)29(41)35-18-27-37-38-30(39(27)24-8-6-7-23(17-24)31(32,33)34)43-19-28(40)36-26-16-20(2)9-10-21(26)3/h6-14,16-17H,4-5,15,18-19H2,1-3H3,(H,35,41)(H,36,40). The third kappa shape index (κ3) is 8.60. The van der Waals surface area contributed by atoms with Gasteiger partial charge in [-0.3, -0.25) is 14.2 Å². The van der Waals surface area contributed by atoms with E-state index in [1.807, 2.05) is 32.0 Å². The number of amides is 2. The van der Waals surface area contributed by atoms with Crippen LogP contribution in [0.5, 0.6) is 5.75 Å². The summed E-state index contributed by atoms with van der Waals surface area (Å²) < 4.78 is 47.6. The van der Waals surface area contributed by atoms with Crippen molar-refractivity contribution < 1.29 is 27.5 Å². The Morgan fingerprint density at radius 3 is 2.49 bits per heavy atom. The van der Waals surface area contributed by atoms with Gasteiger partial charge in [0, 0.05) is 11.3 Å². The molecular formula is C31H32F3N5O3S. The number of hydrogen-bond donors (Lipinski definition) is 2. The molecule has 1 aromatic heterocycles. The summed E-state index contributed by atoms with van der Waals surface area (Å²) in [7, 11) is 0. The number of alkyl halides is 3. The Labute approximate surface area is 252 Å². The molecule has 2 N–H and O–H groups in total. The van der Waals surface area contributed by atoms with Crippen LogP contribution in [0.2, 0.25) is 0 Å². The Bertz CT molecular complexity index is 1570. The fourth-order valence-corrected chi connectivity index (χ4v) is 4.84. The number of hydrogen-bond acceptors (Lipinski definition) is 6. The van der Waals surface area contributed by atoms with Gasteiger partial charge in [-0.05, 0) is 79.9 Å². The molecule has 0 unspecified atom stereocenters. The number of benzene rings is 3. The summed E-state index contributed by atoms with van der Waals surface area (Å²) in [5.74, 6) is 0.0704. The van der Waals surface area contributed by atoms with Gasteiger partial charge in [-0.2, -0.15) is 13.2 Å². The SMILES string of the molecule is CCCCOc1ccc(C(=O)NCc2nnc(SCC(=O)Nc3cc(C)ccc3C)n2-c2cccc(C(F)(F)F)c2)cc1. The van der Waals surface area contributed by atoms with E-state index in [1.54, 1.807) is 24.3 Å². The topological polar surface area (TPSA) is 98.1 Å². The summed E-state index contributed by atoms with van der Waals surface area (Å²) in [5, 5.41) is 14.1. The number of anilines is 1. The third-order valence-corrected chi connectivity index (χ3v) is 7.35. The molecule has 8 nitrogen and oxygen atoms in total. The number of rotatable bonds is 12. The highest BCUT2D eigenvalue weighted by Gasteiger charge is 2.31. The van der Waals surface area contributed by atoms with Crippen molar-refractivity contribution in [1.29, 1.82) is 0 Å². The maximum absolute atomic E-state index is 13.5. The average Bonchev–Trinajstić information content (AvgIpc) is 3.39. The zero-order chi connectivity index (χ0) is 31.0. The highest BCUT2D eigenvalue weighted by atomic mass is 32.2. The van der Waals surface area contributed by atoms with Crippen LogP contribution >= 0.6 is 11.8 Å². The van der Waals surface area contributed by atoms with E-state index in [0.717, 1.165) is 47.9 Å². The quantitative estimate of drug-likeness (QED) is 0.136. The Balaban J connectivity index is 1.52. The number of aryl methyl sites for hydroxylation is 2. The number of unbranched alkanes of at least 4 members (excludes halogenated alkanes) is 1. The predicted molar refractivity (Wildman–Crippen MR) is 160 cm³/mol.